The van der Waals surface area contributed by atoms with Crippen molar-refractivity contribution in [2.75, 3.05) is 4.90 Å². The summed E-state index contributed by atoms with van der Waals surface area (Å²) in [6.45, 7) is 9.36. The number of aromatic carboxylic acids is 1. The lowest BCUT2D eigenvalue weighted by Crippen LogP contribution is -2.54. The van der Waals surface area contributed by atoms with Crippen LogP contribution in [0.2, 0.25) is 0 Å². The summed E-state index contributed by atoms with van der Waals surface area (Å²) >= 11 is 0. The number of nitrogens with zero attached hydrogens (tertiary/aromatic N) is 2. The van der Waals surface area contributed by atoms with Crippen LogP contribution in [-0.4, -0.2) is 33.5 Å². The normalized spacial score (nSPS) is 15.1. The zero-order valence-electron chi connectivity index (χ0n) is 20.1. The first-order valence-electron chi connectivity index (χ1n) is 11.0. The molecule has 8 heteroatoms. The van der Waals surface area contributed by atoms with Crippen LogP contribution < -0.4 is 10.2 Å². The van der Waals surface area contributed by atoms with Gasteiger partial charge in [-0.1, -0.05) is 12.1 Å². The van der Waals surface area contributed by atoms with E-state index in [-0.39, 0.29) is 11.1 Å². The van der Waals surface area contributed by atoms with E-state index in [1.807, 2.05) is 51.3 Å². The largest absolute Gasteiger partial charge is 0.478 e. The van der Waals surface area contributed by atoms with Crippen LogP contribution in [0.5, 0.6) is 0 Å². The fourth-order valence-electron chi connectivity index (χ4n) is 4.20. The van der Waals surface area contributed by atoms with E-state index < -0.39 is 23.8 Å². The second kappa shape index (κ2) is 8.72. The minimum Gasteiger partial charge on any atom is -0.478 e. The van der Waals surface area contributed by atoms with Crippen LogP contribution in [-0.2, 0) is 9.59 Å². The maximum Gasteiger partial charge on any atom is 0.335 e. The standard InChI is InChI=1S/C27H25N3O5/c1-14-7-9-21(10-16(14)3)30-25(32)22(24(31)28-27(30)35)12-20-11-17(4)29(18(20)5)23-13-19(26(33)34)8-6-15(23)2/h6-13H,1-5H3,(H,33,34)(H,28,31,35)/b22-12+. The van der Waals surface area contributed by atoms with Gasteiger partial charge in [-0.05, 0) is 93.3 Å². The highest BCUT2D eigenvalue weighted by molar-refractivity contribution is 6.39. The molecular weight excluding hydrogens is 446 g/mol. The van der Waals surface area contributed by atoms with Gasteiger partial charge in [-0.3, -0.25) is 14.9 Å². The smallest absolute Gasteiger partial charge is 0.335 e. The predicted octanol–water partition coefficient (Wildman–Crippen LogP) is 4.38. The summed E-state index contributed by atoms with van der Waals surface area (Å²) in [5.41, 5.74) is 5.97. The summed E-state index contributed by atoms with van der Waals surface area (Å²) in [6.07, 6.45) is 1.47. The van der Waals surface area contributed by atoms with E-state index >= 15 is 0 Å². The highest BCUT2D eigenvalue weighted by Gasteiger charge is 2.37. The summed E-state index contributed by atoms with van der Waals surface area (Å²) in [6, 6.07) is 11.1. The first-order valence-corrected chi connectivity index (χ1v) is 11.0. The molecule has 1 saturated heterocycles. The van der Waals surface area contributed by atoms with Crippen LogP contribution >= 0.6 is 0 Å². The predicted molar refractivity (Wildman–Crippen MR) is 132 cm³/mol. The second-order valence-electron chi connectivity index (χ2n) is 8.69. The number of hydrogen-bond acceptors (Lipinski definition) is 4. The van der Waals surface area contributed by atoms with Gasteiger partial charge in [-0.15, -0.1) is 0 Å². The van der Waals surface area contributed by atoms with Crippen molar-refractivity contribution in [3.8, 4) is 5.69 Å². The summed E-state index contributed by atoms with van der Waals surface area (Å²) in [5.74, 6) is -2.51. The van der Waals surface area contributed by atoms with Gasteiger partial charge >= 0.3 is 12.0 Å². The van der Waals surface area contributed by atoms with E-state index in [9.17, 15) is 24.3 Å². The molecular formula is C27H25N3O5. The Hall–Kier alpha value is -4.46. The Kier molecular flexibility index (Phi) is 5.90. The van der Waals surface area contributed by atoms with E-state index in [2.05, 4.69) is 5.32 Å². The van der Waals surface area contributed by atoms with Crippen molar-refractivity contribution >= 4 is 35.6 Å². The number of barbiturate groups is 1. The third kappa shape index (κ3) is 4.14. The van der Waals surface area contributed by atoms with Crippen LogP contribution in [0.4, 0.5) is 10.5 Å². The van der Waals surface area contributed by atoms with Crippen molar-refractivity contribution in [2.45, 2.75) is 34.6 Å². The Labute approximate surface area is 202 Å². The third-order valence-corrected chi connectivity index (χ3v) is 6.32. The van der Waals surface area contributed by atoms with E-state index in [0.717, 1.165) is 33.0 Å². The summed E-state index contributed by atoms with van der Waals surface area (Å²) < 4.78 is 1.88. The van der Waals surface area contributed by atoms with Crippen LogP contribution in [0.15, 0.2) is 48.0 Å². The van der Waals surface area contributed by atoms with Crippen molar-refractivity contribution in [2.24, 2.45) is 0 Å². The quantitative estimate of drug-likeness (QED) is 0.434. The van der Waals surface area contributed by atoms with Gasteiger partial charge in [-0.2, -0.15) is 0 Å². The minimum atomic E-state index is -1.03. The van der Waals surface area contributed by atoms with Crippen LogP contribution in [0, 0.1) is 34.6 Å². The molecule has 0 spiro atoms. The van der Waals surface area contributed by atoms with Gasteiger partial charge in [0.25, 0.3) is 11.8 Å². The molecule has 0 unspecified atom stereocenters. The van der Waals surface area contributed by atoms with Gasteiger partial charge in [0.1, 0.15) is 5.57 Å². The zero-order chi connectivity index (χ0) is 25.6. The lowest BCUT2D eigenvalue weighted by molar-refractivity contribution is -0.122. The van der Waals surface area contributed by atoms with E-state index in [0.29, 0.717) is 16.9 Å². The van der Waals surface area contributed by atoms with Crippen molar-refractivity contribution in [1.82, 2.24) is 9.88 Å². The number of nitrogens with one attached hydrogen (secondary N) is 1. The molecule has 0 aliphatic carbocycles. The molecule has 4 rings (SSSR count). The van der Waals surface area contributed by atoms with E-state index in [1.54, 1.807) is 30.3 Å². The number of imide groups is 2. The Morgan fingerprint density at radius 3 is 2.23 bits per heavy atom. The monoisotopic (exact) mass is 471 g/mol. The number of hydrogen-bond donors (Lipinski definition) is 2. The molecule has 3 aromatic rings. The van der Waals surface area contributed by atoms with Crippen LogP contribution in [0.25, 0.3) is 11.8 Å². The SMILES string of the molecule is Cc1ccc(N2C(=O)NC(=O)/C(=C\c3cc(C)n(-c4cc(C(=O)O)ccc4C)c3C)C2=O)cc1C. The molecule has 2 heterocycles. The molecule has 178 valence electrons. The second-order valence-corrected chi connectivity index (χ2v) is 8.69. The number of anilines is 1. The molecule has 35 heavy (non-hydrogen) atoms. The number of aryl methyl sites for hydroxylation is 4. The molecule has 1 fully saturated rings. The number of carbonyl (C=O) groups excluding carboxylic acids is 3. The van der Waals surface area contributed by atoms with Gasteiger partial charge in [0.15, 0.2) is 0 Å². The lowest BCUT2D eigenvalue weighted by atomic mass is 10.1. The average molecular weight is 472 g/mol. The molecule has 0 radical (unpaired) electrons. The first-order chi connectivity index (χ1) is 16.5. The molecule has 4 amide bonds. The average Bonchev–Trinajstić information content (AvgIpc) is 3.06. The van der Waals surface area contributed by atoms with Gasteiger partial charge in [0, 0.05) is 17.1 Å². The Morgan fingerprint density at radius 1 is 0.886 bits per heavy atom. The lowest BCUT2D eigenvalue weighted by Gasteiger charge is -2.26. The molecule has 2 N–H and O–H groups in total. The molecule has 1 aromatic heterocycles. The molecule has 1 aliphatic heterocycles. The first kappa shape index (κ1) is 23.7. The topological polar surface area (TPSA) is 109 Å². The van der Waals surface area contributed by atoms with Crippen molar-refractivity contribution in [1.29, 1.82) is 0 Å². The number of carboxylic acid groups (broad SMARTS) is 1. The van der Waals surface area contributed by atoms with Gasteiger partial charge < -0.3 is 9.67 Å². The molecule has 0 atom stereocenters. The zero-order valence-corrected chi connectivity index (χ0v) is 20.1. The van der Waals surface area contributed by atoms with Crippen molar-refractivity contribution in [3.63, 3.8) is 0 Å². The number of carbonyl (C=O) groups is 4. The van der Waals surface area contributed by atoms with Gasteiger partial charge in [0.2, 0.25) is 0 Å². The number of carboxylic acids is 1. The molecule has 0 bridgehead atoms. The van der Waals surface area contributed by atoms with Gasteiger partial charge in [-0.25, -0.2) is 14.5 Å². The fraction of sp³-hybridized carbons (Fsp3) is 0.185. The number of rotatable bonds is 4. The molecule has 8 nitrogen and oxygen atoms in total. The third-order valence-electron chi connectivity index (χ3n) is 6.32. The number of aromatic nitrogens is 1. The number of benzene rings is 2. The van der Waals surface area contributed by atoms with Crippen LogP contribution in [0.1, 0.15) is 44.0 Å². The maximum absolute atomic E-state index is 13.3. The molecule has 2 aromatic carbocycles. The molecule has 0 saturated carbocycles. The van der Waals surface area contributed by atoms with Crippen molar-refractivity contribution < 1.29 is 24.3 Å². The minimum absolute atomic E-state index is 0.155. The Morgan fingerprint density at radius 2 is 1.57 bits per heavy atom. The highest BCUT2D eigenvalue weighted by atomic mass is 16.4. The molecule has 1 aliphatic rings. The highest BCUT2D eigenvalue weighted by Crippen LogP contribution is 2.28. The Bertz CT molecular complexity index is 1460. The Balaban J connectivity index is 1.79. The maximum atomic E-state index is 13.3. The van der Waals surface area contributed by atoms with E-state index in [4.69, 9.17) is 0 Å². The van der Waals surface area contributed by atoms with Crippen LogP contribution in [0.3, 0.4) is 0 Å². The number of urea groups is 1. The number of amides is 4. The van der Waals surface area contributed by atoms with Gasteiger partial charge in [0.05, 0.1) is 11.3 Å². The fourth-order valence-corrected chi connectivity index (χ4v) is 4.20. The van der Waals surface area contributed by atoms with E-state index in [1.165, 1.54) is 6.08 Å². The van der Waals surface area contributed by atoms with Crippen molar-refractivity contribution in [3.05, 3.63) is 87.2 Å². The summed E-state index contributed by atoms with van der Waals surface area (Å²) in [4.78, 5) is 50.9. The summed E-state index contributed by atoms with van der Waals surface area (Å²) in [7, 11) is 0. The summed E-state index contributed by atoms with van der Waals surface area (Å²) in [5, 5.41) is 11.7.